The first kappa shape index (κ1) is 12.4. The van der Waals surface area contributed by atoms with Gasteiger partial charge in [0.2, 0.25) is 17.7 Å². The zero-order valence-corrected chi connectivity index (χ0v) is 10.4. The summed E-state index contributed by atoms with van der Waals surface area (Å²) in [4.78, 5) is 38.1. The molecule has 0 saturated carbocycles. The van der Waals surface area contributed by atoms with Crippen LogP contribution in [0.2, 0.25) is 0 Å². The van der Waals surface area contributed by atoms with E-state index in [-0.39, 0.29) is 41.9 Å². The number of likely N-dealkylation sites (tertiary alicyclic amines) is 2. The van der Waals surface area contributed by atoms with Gasteiger partial charge >= 0.3 is 0 Å². The number of amides is 3. The van der Waals surface area contributed by atoms with Gasteiger partial charge in [-0.3, -0.25) is 19.3 Å². The molecule has 0 radical (unpaired) electrons. The number of rotatable bonds is 2. The van der Waals surface area contributed by atoms with Gasteiger partial charge in [0.15, 0.2) is 0 Å². The van der Waals surface area contributed by atoms with Crippen molar-refractivity contribution in [2.45, 2.75) is 12.8 Å². The van der Waals surface area contributed by atoms with Crippen molar-refractivity contribution < 1.29 is 14.4 Å². The zero-order chi connectivity index (χ0) is 12.6. The van der Waals surface area contributed by atoms with E-state index in [0.29, 0.717) is 19.5 Å². The van der Waals surface area contributed by atoms with Gasteiger partial charge in [-0.2, -0.15) is 0 Å². The van der Waals surface area contributed by atoms with Crippen molar-refractivity contribution in [3.8, 4) is 0 Å². The van der Waals surface area contributed by atoms with Gasteiger partial charge < -0.3 is 4.90 Å². The van der Waals surface area contributed by atoms with Gasteiger partial charge in [-0.1, -0.05) is 0 Å². The van der Waals surface area contributed by atoms with Gasteiger partial charge in [-0.25, -0.2) is 0 Å². The molecule has 2 heterocycles. The number of hydrogen-bond donors (Lipinski definition) is 0. The molecule has 5 nitrogen and oxygen atoms in total. The largest absolute Gasteiger partial charge is 0.342 e. The summed E-state index contributed by atoms with van der Waals surface area (Å²) in [5, 5.41) is 0. The lowest BCUT2D eigenvalue weighted by molar-refractivity contribution is -0.138. The van der Waals surface area contributed by atoms with E-state index in [1.54, 1.807) is 4.90 Å². The third kappa shape index (κ3) is 2.04. The second-order valence-corrected chi connectivity index (χ2v) is 4.89. The number of fused-ring (bicyclic) bond motifs is 1. The van der Waals surface area contributed by atoms with E-state index in [0.717, 1.165) is 0 Å². The van der Waals surface area contributed by atoms with Crippen LogP contribution in [0.4, 0.5) is 0 Å². The quantitative estimate of drug-likeness (QED) is 0.521. The molecule has 0 aliphatic carbocycles. The lowest BCUT2D eigenvalue weighted by Crippen LogP contribution is -2.45. The molecule has 0 unspecified atom stereocenters. The lowest BCUT2D eigenvalue weighted by atomic mass is 9.87. The Morgan fingerprint density at radius 2 is 2.00 bits per heavy atom. The fraction of sp³-hybridized carbons (Fsp3) is 0.727. The van der Waals surface area contributed by atoms with Crippen molar-refractivity contribution in [1.29, 1.82) is 0 Å². The topological polar surface area (TPSA) is 57.7 Å². The highest BCUT2D eigenvalue weighted by molar-refractivity contribution is 6.18. The summed E-state index contributed by atoms with van der Waals surface area (Å²) in [7, 11) is 1.51. The van der Waals surface area contributed by atoms with Crippen LogP contribution < -0.4 is 0 Å². The third-order valence-electron chi connectivity index (χ3n) is 3.57. The maximum Gasteiger partial charge on any atom is 0.234 e. The molecule has 2 rings (SSSR count). The number of carbonyl (C=O) groups excluding carboxylic acids is 3. The van der Waals surface area contributed by atoms with E-state index in [1.165, 1.54) is 11.9 Å². The van der Waals surface area contributed by atoms with Crippen molar-refractivity contribution in [2.75, 3.05) is 26.0 Å². The zero-order valence-electron chi connectivity index (χ0n) is 9.69. The minimum Gasteiger partial charge on any atom is -0.342 e. The first-order valence-electron chi connectivity index (χ1n) is 5.71. The molecule has 17 heavy (non-hydrogen) atoms. The SMILES string of the molecule is CN1C(=O)[C@@H]2CCN(C(=O)CCCl)C[C@H]2C1=O. The minimum absolute atomic E-state index is 0.0340. The van der Waals surface area contributed by atoms with E-state index < -0.39 is 0 Å². The Labute approximate surface area is 105 Å². The van der Waals surface area contributed by atoms with Crippen molar-refractivity contribution >= 4 is 29.3 Å². The first-order valence-corrected chi connectivity index (χ1v) is 6.25. The molecule has 0 aromatic carbocycles. The molecule has 2 aliphatic rings. The Morgan fingerprint density at radius 3 is 2.65 bits per heavy atom. The highest BCUT2D eigenvalue weighted by Gasteiger charge is 2.48. The van der Waals surface area contributed by atoms with Crippen LogP contribution in [0, 0.1) is 11.8 Å². The molecule has 94 valence electrons. The predicted molar refractivity (Wildman–Crippen MR) is 61.3 cm³/mol. The van der Waals surface area contributed by atoms with E-state index in [4.69, 9.17) is 11.6 Å². The van der Waals surface area contributed by atoms with Crippen LogP contribution in [0.15, 0.2) is 0 Å². The summed E-state index contributed by atoms with van der Waals surface area (Å²) >= 11 is 5.53. The predicted octanol–water partition coefficient (Wildman–Crippen LogP) is 0.0786. The molecule has 0 N–H and O–H groups in total. The molecule has 0 aromatic rings. The average Bonchev–Trinajstić information content (AvgIpc) is 2.55. The van der Waals surface area contributed by atoms with Crippen LogP contribution in [0.3, 0.4) is 0 Å². The number of halogens is 1. The second kappa shape index (κ2) is 4.64. The van der Waals surface area contributed by atoms with Crippen LogP contribution in [-0.4, -0.2) is 53.5 Å². The van der Waals surface area contributed by atoms with Crippen LogP contribution in [0.5, 0.6) is 0 Å². The average molecular weight is 259 g/mol. The van der Waals surface area contributed by atoms with E-state index in [1.807, 2.05) is 0 Å². The van der Waals surface area contributed by atoms with Gasteiger partial charge in [0.25, 0.3) is 0 Å². The van der Waals surface area contributed by atoms with Gasteiger partial charge in [-0.15, -0.1) is 11.6 Å². The van der Waals surface area contributed by atoms with Crippen molar-refractivity contribution in [3.63, 3.8) is 0 Å². The Hall–Kier alpha value is -1.10. The van der Waals surface area contributed by atoms with Gasteiger partial charge in [0.1, 0.15) is 0 Å². The van der Waals surface area contributed by atoms with E-state index in [2.05, 4.69) is 0 Å². The van der Waals surface area contributed by atoms with Crippen molar-refractivity contribution in [1.82, 2.24) is 9.80 Å². The van der Waals surface area contributed by atoms with Crippen LogP contribution >= 0.6 is 11.6 Å². The molecule has 2 aliphatic heterocycles. The van der Waals surface area contributed by atoms with Crippen LogP contribution in [0.25, 0.3) is 0 Å². The summed E-state index contributed by atoms with van der Waals surface area (Å²) in [5.74, 6) is -0.593. The summed E-state index contributed by atoms with van der Waals surface area (Å²) in [6.45, 7) is 0.902. The number of alkyl halides is 1. The third-order valence-corrected chi connectivity index (χ3v) is 3.76. The molecule has 0 aromatic heterocycles. The monoisotopic (exact) mass is 258 g/mol. The first-order chi connectivity index (χ1) is 8.06. The van der Waals surface area contributed by atoms with Crippen LogP contribution in [0.1, 0.15) is 12.8 Å². The lowest BCUT2D eigenvalue weighted by Gasteiger charge is -2.32. The van der Waals surface area contributed by atoms with E-state index in [9.17, 15) is 14.4 Å². The normalized spacial score (nSPS) is 28.6. The number of carbonyl (C=O) groups is 3. The molecule has 3 amide bonds. The molecule has 2 atom stereocenters. The molecule has 0 spiro atoms. The minimum atomic E-state index is -0.347. The summed E-state index contributed by atoms with van der Waals surface area (Å²) in [6, 6.07) is 0. The number of hydrogen-bond acceptors (Lipinski definition) is 3. The Morgan fingerprint density at radius 1 is 1.35 bits per heavy atom. The second-order valence-electron chi connectivity index (χ2n) is 4.52. The molecule has 2 fully saturated rings. The summed E-state index contributed by atoms with van der Waals surface area (Å²) in [5.41, 5.74) is 0. The maximum atomic E-state index is 11.8. The number of nitrogens with zero attached hydrogens (tertiary/aromatic N) is 2. The number of piperidine rings is 1. The number of imide groups is 1. The molecule has 2 saturated heterocycles. The Balaban J connectivity index is 2.07. The maximum absolute atomic E-state index is 11.8. The fourth-order valence-electron chi connectivity index (χ4n) is 2.57. The molecular formula is C11H15ClN2O3. The summed E-state index contributed by atoms with van der Waals surface area (Å²) in [6.07, 6.45) is 0.866. The summed E-state index contributed by atoms with van der Waals surface area (Å²) < 4.78 is 0. The van der Waals surface area contributed by atoms with Gasteiger partial charge in [0.05, 0.1) is 11.8 Å². The fourth-order valence-corrected chi connectivity index (χ4v) is 2.73. The van der Waals surface area contributed by atoms with Crippen molar-refractivity contribution in [3.05, 3.63) is 0 Å². The molecular weight excluding hydrogens is 244 g/mol. The van der Waals surface area contributed by atoms with Gasteiger partial charge in [0, 0.05) is 32.4 Å². The molecule has 0 bridgehead atoms. The smallest absolute Gasteiger partial charge is 0.234 e. The Kier molecular flexibility index (Phi) is 3.38. The van der Waals surface area contributed by atoms with Crippen LogP contribution in [-0.2, 0) is 14.4 Å². The Bertz CT molecular complexity index is 372. The highest BCUT2D eigenvalue weighted by Crippen LogP contribution is 2.32. The molecule has 6 heteroatoms. The standard InChI is InChI=1S/C11H15ClN2O3/c1-13-10(16)7-3-5-14(9(15)2-4-12)6-8(7)11(13)17/h7-8H,2-6H2,1H3/t7-,8-/m1/s1. The van der Waals surface area contributed by atoms with Crippen molar-refractivity contribution in [2.24, 2.45) is 11.8 Å². The highest BCUT2D eigenvalue weighted by atomic mass is 35.5. The van der Waals surface area contributed by atoms with E-state index >= 15 is 0 Å². The van der Waals surface area contributed by atoms with Gasteiger partial charge in [-0.05, 0) is 6.42 Å².